The Morgan fingerprint density at radius 3 is 2.87 bits per heavy atom. The minimum atomic E-state index is 0.867. The zero-order chi connectivity index (χ0) is 10.5. The van der Waals surface area contributed by atoms with Crippen LogP contribution < -0.4 is 0 Å². The van der Waals surface area contributed by atoms with E-state index in [0.717, 1.165) is 17.9 Å². The summed E-state index contributed by atoms with van der Waals surface area (Å²) in [5.74, 6) is 0. The van der Waals surface area contributed by atoms with Gasteiger partial charge in [0.15, 0.2) is 0 Å². The van der Waals surface area contributed by atoms with Crippen LogP contribution in [0.15, 0.2) is 17.5 Å². The summed E-state index contributed by atoms with van der Waals surface area (Å²) in [6.45, 7) is 2.41. The van der Waals surface area contributed by atoms with Crippen LogP contribution in [0.2, 0.25) is 0 Å². The largest absolute Gasteiger partial charge is 0.295 e. The van der Waals surface area contributed by atoms with Gasteiger partial charge in [0.2, 0.25) is 0 Å². The van der Waals surface area contributed by atoms with Gasteiger partial charge in [-0.05, 0) is 37.3 Å². The SMILES string of the molecule is BrCCCN(Cc1cccs1)C1CCC1. The number of alkyl halides is 1. The van der Waals surface area contributed by atoms with Crippen molar-refractivity contribution in [2.45, 2.75) is 38.3 Å². The maximum Gasteiger partial charge on any atom is 0.0330 e. The number of thiophene rings is 1. The highest BCUT2D eigenvalue weighted by Crippen LogP contribution is 2.27. The van der Waals surface area contributed by atoms with Gasteiger partial charge in [-0.25, -0.2) is 0 Å². The average Bonchev–Trinajstić information content (AvgIpc) is 2.64. The maximum absolute atomic E-state index is 3.52. The van der Waals surface area contributed by atoms with Gasteiger partial charge in [-0.15, -0.1) is 11.3 Å². The van der Waals surface area contributed by atoms with E-state index in [1.807, 2.05) is 11.3 Å². The molecule has 0 spiro atoms. The van der Waals surface area contributed by atoms with E-state index >= 15 is 0 Å². The average molecular weight is 288 g/mol. The molecule has 15 heavy (non-hydrogen) atoms. The lowest BCUT2D eigenvalue weighted by molar-refractivity contribution is 0.121. The summed E-state index contributed by atoms with van der Waals surface area (Å²) in [4.78, 5) is 4.17. The Labute approximate surface area is 105 Å². The van der Waals surface area contributed by atoms with Gasteiger partial charge in [-0.2, -0.15) is 0 Å². The van der Waals surface area contributed by atoms with Crippen molar-refractivity contribution in [3.63, 3.8) is 0 Å². The van der Waals surface area contributed by atoms with Gasteiger partial charge >= 0.3 is 0 Å². The van der Waals surface area contributed by atoms with E-state index < -0.39 is 0 Å². The molecule has 0 saturated heterocycles. The number of rotatable bonds is 6. The smallest absolute Gasteiger partial charge is 0.0330 e. The molecule has 84 valence electrons. The highest BCUT2D eigenvalue weighted by molar-refractivity contribution is 9.09. The van der Waals surface area contributed by atoms with E-state index in [-0.39, 0.29) is 0 Å². The van der Waals surface area contributed by atoms with E-state index in [1.54, 1.807) is 0 Å². The number of hydrogen-bond donors (Lipinski definition) is 0. The first-order valence-corrected chi connectivity index (χ1v) is 7.72. The first-order valence-electron chi connectivity index (χ1n) is 5.72. The van der Waals surface area contributed by atoms with Crippen LogP contribution in [0.25, 0.3) is 0 Å². The van der Waals surface area contributed by atoms with Crippen molar-refractivity contribution in [2.75, 3.05) is 11.9 Å². The van der Waals surface area contributed by atoms with Gasteiger partial charge in [0.1, 0.15) is 0 Å². The lowest BCUT2D eigenvalue weighted by Crippen LogP contribution is -2.40. The van der Waals surface area contributed by atoms with E-state index in [4.69, 9.17) is 0 Å². The molecule has 0 atom stereocenters. The summed E-state index contributed by atoms with van der Waals surface area (Å²) in [7, 11) is 0. The molecule has 1 aliphatic carbocycles. The van der Waals surface area contributed by atoms with Crippen LogP contribution in [0.5, 0.6) is 0 Å². The number of halogens is 1. The fourth-order valence-corrected chi connectivity index (χ4v) is 2.99. The lowest BCUT2D eigenvalue weighted by Gasteiger charge is -2.37. The Hall–Kier alpha value is 0.140. The van der Waals surface area contributed by atoms with Crippen LogP contribution in [-0.2, 0) is 6.54 Å². The van der Waals surface area contributed by atoms with Crippen molar-refractivity contribution in [1.82, 2.24) is 4.90 Å². The molecular formula is C12H18BrNS. The molecule has 1 heterocycles. The zero-order valence-electron chi connectivity index (χ0n) is 8.99. The molecule has 0 N–H and O–H groups in total. The number of nitrogens with zero attached hydrogens (tertiary/aromatic N) is 1. The molecular weight excluding hydrogens is 270 g/mol. The van der Waals surface area contributed by atoms with Crippen molar-refractivity contribution in [3.05, 3.63) is 22.4 Å². The fraction of sp³-hybridized carbons (Fsp3) is 0.667. The van der Waals surface area contributed by atoms with Crippen LogP contribution in [0, 0.1) is 0 Å². The Morgan fingerprint density at radius 1 is 1.47 bits per heavy atom. The van der Waals surface area contributed by atoms with Crippen LogP contribution >= 0.6 is 27.3 Å². The minimum Gasteiger partial charge on any atom is -0.295 e. The Morgan fingerprint density at radius 2 is 2.33 bits per heavy atom. The molecule has 0 aromatic carbocycles. The molecule has 0 aliphatic heterocycles. The molecule has 1 aromatic rings. The fourth-order valence-electron chi connectivity index (χ4n) is 2.01. The highest BCUT2D eigenvalue weighted by Gasteiger charge is 2.24. The second kappa shape index (κ2) is 6.02. The number of hydrogen-bond acceptors (Lipinski definition) is 2. The van der Waals surface area contributed by atoms with Crippen LogP contribution in [0.3, 0.4) is 0 Å². The van der Waals surface area contributed by atoms with E-state index in [1.165, 1.54) is 37.1 Å². The van der Waals surface area contributed by atoms with Crippen molar-refractivity contribution in [1.29, 1.82) is 0 Å². The van der Waals surface area contributed by atoms with Gasteiger partial charge < -0.3 is 0 Å². The molecule has 1 fully saturated rings. The second-order valence-electron chi connectivity index (χ2n) is 4.18. The van der Waals surface area contributed by atoms with Gasteiger partial charge in [-0.3, -0.25) is 4.90 Å². The van der Waals surface area contributed by atoms with Crippen molar-refractivity contribution in [3.8, 4) is 0 Å². The van der Waals surface area contributed by atoms with Crippen LogP contribution in [0.4, 0.5) is 0 Å². The van der Waals surface area contributed by atoms with Gasteiger partial charge in [0.25, 0.3) is 0 Å². The third-order valence-electron chi connectivity index (χ3n) is 3.11. The van der Waals surface area contributed by atoms with Gasteiger partial charge in [0, 0.05) is 22.8 Å². The molecule has 3 heteroatoms. The van der Waals surface area contributed by atoms with Crippen molar-refractivity contribution in [2.24, 2.45) is 0 Å². The van der Waals surface area contributed by atoms with Crippen molar-refractivity contribution >= 4 is 27.3 Å². The third-order valence-corrected chi connectivity index (χ3v) is 4.53. The molecule has 2 rings (SSSR count). The standard InChI is InChI=1S/C12H18BrNS/c13-7-3-8-14(11-4-1-5-11)10-12-6-2-9-15-12/h2,6,9,11H,1,3-5,7-8,10H2. The first-order chi connectivity index (χ1) is 7.40. The van der Waals surface area contributed by atoms with Gasteiger partial charge in [-0.1, -0.05) is 28.4 Å². The summed E-state index contributed by atoms with van der Waals surface area (Å²) in [5, 5.41) is 3.30. The molecule has 1 nitrogen and oxygen atoms in total. The van der Waals surface area contributed by atoms with E-state index in [9.17, 15) is 0 Å². The second-order valence-corrected chi connectivity index (χ2v) is 6.00. The van der Waals surface area contributed by atoms with Crippen LogP contribution in [-0.4, -0.2) is 22.8 Å². The quantitative estimate of drug-likeness (QED) is 0.718. The highest BCUT2D eigenvalue weighted by atomic mass is 79.9. The molecule has 1 saturated carbocycles. The topological polar surface area (TPSA) is 3.24 Å². The molecule has 1 aromatic heterocycles. The summed E-state index contributed by atoms with van der Waals surface area (Å²) >= 11 is 5.40. The molecule has 0 radical (unpaired) electrons. The normalized spacial score (nSPS) is 16.9. The maximum atomic E-state index is 3.52. The summed E-state index contributed by atoms with van der Waals surface area (Å²) in [6, 6.07) is 5.28. The predicted octanol–water partition coefficient (Wildman–Crippen LogP) is 3.89. The molecule has 1 aliphatic rings. The third kappa shape index (κ3) is 3.30. The van der Waals surface area contributed by atoms with Crippen LogP contribution in [0.1, 0.15) is 30.6 Å². The van der Waals surface area contributed by atoms with E-state index in [0.29, 0.717) is 0 Å². The lowest BCUT2D eigenvalue weighted by atomic mass is 9.91. The van der Waals surface area contributed by atoms with Gasteiger partial charge in [0.05, 0.1) is 0 Å². The molecule has 0 amide bonds. The summed E-state index contributed by atoms with van der Waals surface area (Å²) in [6.07, 6.45) is 5.52. The Kier molecular flexibility index (Phi) is 4.66. The Bertz CT molecular complexity index is 269. The summed E-state index contributed by atoms with van der Waals surface area (Å²) < 4.78 is 0. The van der Waals surface area contributed by atoms with E-state index in [2.05, 4.69) is 38.3 Å². The molecule has 0 unspecified atom stereocenters. The zero-order valence-corrected chi connectivity index (χ0v) is 11.4. The first kappa shape index (κ1) is 11.6. The molecule has 0 bridgehead atoms. The van der Waals surface area contributed by atoms with Crippen molar-refractivity contribution < 1.29 is 0 Å². The monoisotopic (exact) mass is 287 g/mol. The Balaban J connectivity index is 1.86. The minimum absolute atomic E-state index is 0.867. The predicted molar refractivity (Wildman–Crippen MR) is 70.8 cm³/mol. The summed E-state index contributed by atoms with van der Waals surface area (Å²) in [5.41, 5.74) is 0.